The highest BCUT2D eigenvalue weighted by Gasteiger charge is 2.09. The maximum absolute atomic E-state index is 6.18. The largest absolute Gasteiger partial charge is 0.305 e. The summed E-state index contributed by atoms with van der Waals surface area (Å²) >= 11 is 8.03. The average Bonchev–Trinajstić information content (AvgIpc) is 2.90. The molecule has 1 atom stereocenters. The molecule has 20 heavy (non-hydrogen) atoms. The molecule has 1 aromatic heterocycles. The third kappa shape index (κ3) is 2.88. The zero-order valence-corrected chi connectivity index (χ0v) is 12.8. The zero-order chi connectivity index (χ0) is 13.9. The van der Waals surface area contributed by atoms with E-state index in [2.05, 4.69) is 48.6 Å². The van der Waals surface area contributed by atoms with Crippen LogP contribution in [-0.2, 0) is 6.54 Å². The summed E-state index contributed by atoms with van der Waals surface area (Å²) in [5, 5.41) is 5.68. The van der Waals surface area contributed by atoms with Crippen molar-refractivity contribution in [2.75, 3.05) is 0 Å². The van der Waals surface area contributed by atoms with Gasteiger partial charge in [-0.25, -0.2) is 0 Å². The Hall–Kier alpha value is -1.35. The van der Waals surface area contributed by atoms with E-state index in [-0.39, 0.29) is 0 Å². The summed E-state index contributed by atoms with van der Waals surface area (Å²) in [6.07, 6.45) is 0. The Balaban J connectivity index is 1.73. The summed E-state index contributed by atoms with van der Waals surface area (Å²) in [5.41, 5.74) is 1.14. The van der Waals surface area contributed by atoms with Gasteiger partial charge in [0.1, 0.15) is 0 Å². The van der Waals surface area contributed by atoms with Gasteiger partial charge in [-0.05, 0) is 36.1 Å². The molecule has 2 aromatic carbocycles. The smallest absolute Gasteiger partial charge is 0.0450 e. The number of thiophene rings is 1. The van der Waals surface area contributed by atoms with Gasteiger partial charge in [-0.1, -0.05) is 48.0 Å². The zero-order valence-electron chi connectivity index (χ0n) is 11.3. The van der Waals surface area contributed by atoms with Crippen LogP contribution in [0.25, 0.3) is 10.1 Å². The Bertz CT molecular complexity index is 687. The van der Waals surface area contributed by atoms with Crippen LogP contribution in [0.3, 0.4) is 0 Å². The van der Waals surface area contributed by atoms with E-state index in [1.54, 1.807) is 0 Å². The van der Waals surface area contributed by atoms with Gasteiger partial charge in [-0.15, -0.1) is 11.3 Å². The van der Waals surface area contributed by atoms with Gasteiger partial charge < -0.3 is 5.32 Å². The Morgan fingerprint density at radius 3 is 2.65 bits per heavy atom. The van der Waals surface area contributed by atoms with Crippen molar-refractivity contribution in [2.45, 2.75) is 19.5 Å². The number of hydrogen-bond donors (Lipinski definition) is 1. The molecule has 0 saturated carbocycles. The normalized spacial score (nSPS) is 12.7. The van der Waals surface area contributed by atoms with Crippen LogP contribution in [0.1, 0.15) is 23.4 Å². The van der Waals surface area contributed by atoms with E-state index >= 15 is 0 Å². The van der Waals surface area contributed by atoms with E-state index in [9.17, 15) is 0 Å². The molecule has 1 N–H and O–H groups in total. The minimum atomic E-state index is 0.323. The lowest BCUT2D eigenvalue weighted by Crippen LogP contribution is -2.17. The van der Waals surface area contributed by atoms with Crippen LogP contribution >= 0.6 is 22.9 Å². The van der Waals surface area contributed by atoms with Gasteiger partial charge in [-0.2, -0.15) is 0 Å². The van der Waals surface area contributed by atoms with Crippen LogP contribution in [0.15, 0.2) is 54.6 Å². The molecule has 1 unspecified atom stereocenters. The summed E-state index contributed by atoms with van der Waals surface area (Å²) < 4.78 is 1.34. The van der Waals surface area contributed by atoms with E-state index in [4.69, 9.17) is 11.6 Å². The van der Waals surface area contributed by atoms with Gasteiger partial charge in [0.2, 0.25) is 0 Å². The fourth-order valence-electron chi connectivity index (χ4n) is 2.22. The number of rotatable bonds is 4. The summed E-state index contributed by atoms with van der Waals surface area (Å²) in [4.78, 5) is 1.36. The monoisotopic (exact) mass is 301 g/mol. The highest BCUT2D eigenvalue weighted by atomic mass is 35.5. The molecule has 0 radical (unpaired) electrons. The molecule has 3 aromatic rings. The second kappa shape index (κ2) is 5.96. The van der Waals surface area contributed by atoms with E-state index in [1.807, 2.05) is 29.5 Å². The molecule has 3 heteroatoms. The van der Waals surface area contributed by atoms with Crippen molar-refractivity contribution in [3.8, 4) is 0 Å². The number of fused-ring (bicyclic) bond motifs is 1. The van der Waals surface area contributed by atoms with Gasteiger partial charge in [0.25, 0.3) is 0 Å². The van der Waals surface area contributed by atoms with Crippen molar-refractivity contribution in [1.29, 1.82) is 0 Å². The third-order valence-electron chi connectivity index (χ3n) is 3.43. The van der Waals surface area contributed by atoms with E-state index < -0.39 is 0 Å². The van der Waals surface area contributed by atoms with Crippen LogP contribution < -0.4 is 5.32 Å². The topological polar surface area (TPSA) is 12.0 Å². The molecule has 0 fully saturated rings. The van der Waals surface area contributed by atoms with Gasteiger partial charge in [0.05, 0.1) is 0 Å². The Morgan fingerprint density at radius 1 is 1.10 bits per heavy atom. The van der Waals surface area contributed by atoms with Crippen LogP contribution in [-0.4, -0.2) is 0 Å². The Labute approximate surface area is 128 Å². The summed E-state index contributed by atoms with van der Waals surface area (Å²) in [6.45, 7) is 2.98. The molecule has 0 amide bonds. The predicted octanol–water partition coefficient (Wildman–Crippen LogP) is 5.41. The van der Waals surface area contributed by atoms with Crippen LogP contribution in [0.4, 0.5) is 0 Å². The molecule has 0 aliphatic rings. The average molecular weight is 302 g/mol. The maximum Gasteiger partial charge on any atom is 0.0450 e. The van der Waals surface area contributed by atoms with Crippen molar-refractivity contribution in [3.63, 3.8) is 0 Å². The number of halogens is 1. The first kappa shape index (κ1) is 13.6. The standard InChI is InChI=1S/C17H16ClNS/c1-12(19-11-14-7-2-4-8-15(14)18)17-10-13-6-3-5-9-16(13)20-17/h2-10,12,19H,11H2,1H3. The molecule has 3 rings (SSSR count). The first-order valence-electron chi connectivity index (χ1n) is 6.69. The fraction of sp³-hybridized carbons (Fsp3) is 0.176. The van der Waals surface area contributed by atoms with Crippen molar-refractivity contribution >= 4 is 33.0 Å². The molecular formula is C17H16ClNS. The SMILES string of the molecule is CC(NCc1ccccc1Cl)c1cc2ccccc2s1. The lowest BCUT2D eigenvalue weighted by Gasteiger charge is -2.12. The predicted molar refractivity (Wildman–Crippen MR) is 88.5 cm³/mol. The summed E-state index contributed by atoms with van der Waals surface area (Å²) in [7, 11) is 0. The van der Waals surface area contributed by atoms with Crippen LogP contribution in [0, 0.1) is 0 Å². The Morgan fingerprint density at radius 2 is 1.85 bits per heavy atom. The summed E-state index contributed by atoms with van der Waals surface area (Å²) in [6, 6.07) is 19.1. The van der Waals surface area contributed by atoms with Crippen molar-refractivity contribution < 1.29 is 0 Å². The number of hydrogen-bond acceptors (Lipinski definition) is 2. The lowest BCUT2D eigenvalue weighted by atomic mass is 10.2. The van der Waals surface area contributed by atoms with Crippen molar-refractivity contribution in [3.05, 3.63) is 70.1 Å². The van der Waals surface area contributed by atoms with Gasteiger partial charge in [0.15, 0.2) is 0 Å². The third-order valence-corrected chi connectivity index (χ3v) is 5.10. The number of benzene rings is 2. The second-order valence-corrected chi connectivity index (χ2v) is 6.40. The second-order valence-electron chi connectivity index (χ2n) is 4.88. The van der Waals surface area contributed by atoms with Crippen LogP contribution in [0.2, 0.25) is 5.02 Å². The van der Waals surface area contributed by atoms with Crippen molar-refractivity contribution in [2.24, 2.45) is 0 Å². The van der Waals surface area contributed by atoms with Gasteiger partial charge in [-0.3, -0.25) is 0 Å². The molecule has 0 spiro atoms. The molecule has 102 valence electrons. The molecule has 0 aliphatic heterocycles. The minimum absolute atomic E-state index is 0.323. The van der Waals surface area contributed by atoms with Crippen LogP contribution in [0.5, 0.6) is 0 Å². The molecule has 0 aliphatic carbocycles. The lowest BCUT2D eigenvalue weighted by molar-refractivity contribution is 0.583. The van der Waals surface area contributed by atoms with Gasteiger partial charge in [0, 0.05) is 27.2 Å². The van der Waals surface area contributed by atoms with E-state index in [0.717, 1.165) is 17.1 Å². The first-order chi connectivity index (χ1) is 9.74. The first-order valence-corrected chi connectivity index (χ1v) is 7.89. The molecule has 0 saturated heterocycles. The minimum Gasteiger partial charge on any atom is -0.305 e. The highest BCUT2D eigenvalue weighted by Crippen LogP contribution is 2.29. The van der Waals surface area contributed by atoms with Gasteiger partial charge >= 0.3 is 0 Å². The molecule has 1 nitrogen and oxygen atoms in total. The molecule has 1 heterocycles. The summed E-state index contributed by atoms with van der Waals surface area (Å²) in [5.74, 6) is 0. The van der Waals surface area contributed by atoms with E-state index in [0.29, 0.717) is 6.04 Å². The fourth-order valence-corrected chi connectivity index (χ4v) is 3.52. The number of nitrogens with one attached hydrogen (secondary N) is 1. The highest BCUT2D eigenvalue weighted by molar-refractivity contribution is 7.19. The molecule has 0 bridgehead atoms. The Kier molecular flexibility index (Phi) is 4.06. The molecular weight excluding hydrogens is 286 g/mol. The van der Waals surface area contributed by atoms with Crippen molar-refractivity contribution in [1.82, 2.24) is 5.32 Å². The quantitative estimate of drug-likeness (QED) is 0.680. The maximum atomic E-state index is 6.18. The van der Waals surface area contributed by atoms with E-state index in [1.165, 1.54) is 15.0 Å².